The minimum absolute atomic E-state index is 0.0502. The van der Waals surface area contributed by atoms with Gasteiger partial charge in [0.2, 0.25) is 10.9 Å². The van der Waals surface area contributed by atoms with Crippen molar-refractivity contribution in [3.63, 3.8) is 0 Å². The molecule has 5 rings (SSSR count). The normalized spacial score (nSPS) is 15.4. The molecule has 2 aromatic carbocycles. The highest BCUT2D eigenvalue weighted by Gasteiger charge is 2.45. The number of anilines is 1. The molecule has 174 valence electrons. The number of methoxy groups -OCH3 is 1. The fraction of sp³-hybridized carbons (Fsp3) is 0.308. The van der Waals surface area contributed by atoms with Crippen molar-refractivity contribution in [1.29, 1.82) is 0 Å². The van der Waals surface area contributed by atoms with E-state index < -0.39 is 11.9 Å². The number of carbonyl (C=O) groups excluding carboxylic acids is 1. The Morgan fingerprint density at radius 3 is 2.62 bits per heavy atom. The van der Waals surface area contributed by atoms with Crippen LogP contribution in [0.2, 0.25) is 0 Å². The van der Waals surface area contributed by atoms with Gasteiger partial charge < -0.3 is 9.15 Å². The standard InChI is InChI=1S/C26H25N3O4S/c1-13(2)9-20-27-28-26(34-20)29-22(16-7-6-8-17(12-16)32-5)21-23(30)18-10-14(3)15(4)11-19(18)33-24(21)25(29)31/h6-8,10-13,22H,9H2,1-5H3/t22-/m0/s1. The van der Waals surface area contributed by atoms with Gasteiger partial charge in [0.1, 0.15) is 16.3 Å². The highest BCUT2D eigenvalue weighted by molar-refractivity contribution is 7.15. The first-order valence-corrected chi connectivity index (χ1v) is 12.0. The largest absolute Gasteiger partial charge is 0.497 e. The number of hydrogen-bond acceptors (Lipinski definition) is 7. The zero-order chi connectivity index (χ0) is 24.1. The molecule has 0 radical (unpaired) electrons. The Hall–Kier alpha value is -3.52. The second-order valence-electron chi connectivity index (χ2n) is 9.04. The van der Waals surface area contributed by atoms with Gasteiger partial charge in [0.15, 0.2) is 5.43 Å². The van der Waals surface area contributed by atoms with E-state index in [-0.39, 0.29) is 11.2 Å². The van der Waals surface area contributed by atoms with Gasteiger partial charge in [0, 0.05) is 6.42 Å². The van der Waals surface area contributed by atoms with Crippen molar-refractivity contribution in [2.75, 3.05) is 12.0 Å². The first-order chi connectivity index (χ1) is 16.3. The molecule has 0 aliphatic carbocycles. The SMILES string of the molecule is COc1cccc([C@H]2c3c(oc4cc(C)c(C)cc4c3=O)C(=O)N2c2nnc(CC(C)C)s2)c1. The predicted molar refractivity (Wildman–Crippen MR) is 132 cm³/mol. The number of rotatable bonds is 5. The number of carbonyl (C=O) groups is 1. The zero-order valence-corrected chi connectivity index (χ0v) is 20.5. The Balaban J connectivity index is 1.76. The molecule has 1 amide bonds. The molecule has 1 aliphatic rings. The highest BCUT2D eigenvalue weighted by Crippen LogP contribution is 2.43. The van der Waals surface area contributed by atoms with E-state index in [0.29, 0.717) is 33.3 Å². The van der Waals surface area contributed by atoms with Crippen molar-refractivity contribution in [2.45, 2.75) is 40.2 Å². The summed E-state index contributed by atoms with van der Waals surface area (Å²) >= 11 is 1.36. The van der Waals surface area contributed by atoms with E-state index in [0.717, 1.165) is 28.1 Å². The van der Waals surface area contributed by atoms with E-state index in [1.54, 1.807) is 7.11 Å². The molecule has 34 heavy (non-hydrogen) atoms. The van der Waals surface area contributed by atoms with Gasteiger partial charge in [-0.2, -0.15) is 0 Å². The van der Waals surface area contributed by atoms with Crippen molar-refractivity contribution in [3.8, 4) is 5.75 Å². The fourth-order valence-electron chi connectivity index (χ4n) is 4.33. The lowest BCUT2D eigenvalue weighted by Gasteiger charge is -2.22. The minimum Gasteiger partial charge on any atom is -0.497 e. The number of benzene rings is 2. The van der Waals surface area contributed by atoms with Crippen molar-refractivity contribution >= 4 is 33.3 Å². The summed E-state index contributed by atoms with van der Waals surface area (Å²) in [5, 5.41) is 10.4. The first kappa shape index (κ1) is 22.3. The van der Waals surface area contributed by atoms with Crippen LogP contribution < -0.4 is 15.1 Å². The maximum absolute atomic E-state index is 13.8. The van der Waals surface area contributed by atoms with Gasteiger partial charge in [-0.15, -0.1) is 10.2 Å². The summed E-state index contributed by atoms with van der Waals surface area (Å²) in [6.07, 6.45) is 0.760. The van der Waals surface area contributed by atoms with Gasteiger partial charge in [0.25, 0.3) is 5.91 Å². The Kier molecular flexibility index (Phi) is 5.48. The Morgan fingerprint density at radius 2 is 1.88 bits per heavy atom. The summed E-state index contributed by atoms with van der Waals surface area (Å²) in [5.74, 6) is 0.690. The average Bonchev–Trinajstić information content (AvgIpc) is 3.37. The smallest absolute Gasteiger partial charge is 0.297 e. The molecular formula is C26H25N3O4S. The first-order valence-electron chi connectivity index (χ1n) is 11.2. The molecule has 0 spiro atoms. The van der Waals surface area contributed by atoms with Crippen molar-refractivity contribution in [2.24, 2.45) is 5.92 Å². The quantitative estimate of drug-likeness (QED) is 0.393. The molecule has 4 aromatic rings. The van der Waals surface area contributed by atoms with Crippen molar-refractivity contribution in [3.05, 3.63) is 79.6 Å². The molecule has 3 heterocycles. The van der Waals surface area contributed by atoms with E-state index in [4.69, 9.17) is 9.15 Å². The number of fused-ring (bicyclic) bond motifs is 2. The third-order valence-electron chi connectivity index (χ3n) is 6.14. The number of aromatic nitrogens is 2. The van der Waals surface area contributed by atoms with Crippen LogP contribution in [0.3, 0.4) is 0 Å². The lowest BCUT2D eigenvalue weighted by Crippen LogP contribution is -2.29. The molecule has 0 bridgehead atoms. The molecule has 0 unspecified atom stereocenters. The lowest BCUT2D eigenvalue weighted by molar-refractivity contribution is 0.0970. The third kappa shape index (κ3) is 3.58. The number of aryl methyl sites for hydroxylation is 2. The number of ether oxygens (including phenoxy) is 1. The Bertz CT molecular complexity index is 1490. The lowest BCUT2D eigenvalue weighted by atomic mass is 9.97. The second-order valence-corrected chi connectivity index (χ2v) is 10.1. The number of amides is 1. The summed E-state index contributed by atoms with van der Waals surface area (Å²) in [6, 6.07) is 10.3. The molecule has 8 heteroatoms. The van der Waals surface area contributed by atoms with Crippen LogP contribution in [-0.4, -0.2) is 23.2 Å². The maximum atomic E-state index is 13.8. The van der Waals surface area contributed by atoms with Crippen LogP contribution in [0.15, 0.2) is 45.6 Å². The van der Waals surface area contributed by atoms with E-state index in [1.807, 2.05) is 50.2 Å². The van der Waals surface area contributed by atoms with E-state index in [1.165, 1.54) is 16.2 Å². The van der Waals surface area contributed by atoms with Crippen LogP contribution in [-0.2, 0) is 6.42 Å². The summed E-state index contributed by atoms with van der Waals surface area (Å²) in [6.45, 7) is 8.12. The topological polar surface area (TPSA) is 85.5 Å². The molecule has 1 atom stereocenters. The second kappa shape index (κ2) is 8.36. The van der Waals surface area contributed by atoms with Gasteiger partial charge in [-0.05, 0) is 60.7 Å². The molecule has 0 saturated heterocycles. The van der Waals surface area contributed by atoms with Gasteiger partial charge in [-0.3, -0.25) is 14.5 Å². The van der Waals surface area contributed by atoms with E-state index in [9.17, 15) is 9.59 Å². The summed E-state index contributed by atoms with van der Waals surface area (Å²) in [5.41, 5.74) is 3.22. The third-order valence-corrected chi connectivity index (χ3v) is 7.09. The predicted octanol–water partition coefficient (Wildman–Crippen LogP) is 5.22. The van der Waals surface area contributed by atoms with Crippen LogP contribution in [0.25, 0.3) is 11.0 Å². The van der Waals surface area contributed by atoms with Gasteiger partial charge >= 0.3 is 0 Å². The molecular weight excluding hydrogens is 450 g/mol. The van der Waals surface area contributed by atoms with Crippen molar-refractivity contribution in [1.82, 2.24) is 10.2 Å². The van der Waals surface area contributed by atoms with Crippen LogP contribution in [0, 0.1) is 19.8 Å². The van der Waals surface area contributed by atoms with Crippen LogP contribution >= 0.6 is 11.3 Å². The number of nitrogens with zero attached hydrogens (tertiary/aromatic N) is 3. The van der Waals surface area contributed by atoms with Crippen LogP contribution in [0.1, 0.15) is 57.7 Å². The molecule has 1 aliphatic heterocycles. The summed E-state index contributed by atoms with van der Waals surface area (Å²) in [4.78, 5) is 29.0. The summed E-state index contributed by atoms with van der Waals surface area (Å²) in [7, 11) is 1.58. The van der Waals surface area contributed by atoms with Crippen LogP contribution in [0.4, 0.5) is 5.13 Å². The van der Waals surface area contributed by atoms with Gasteiger partial charge in [0.05, 0.1) is 24.1 Å². The molecule has 0 fully saturated rings. The maximum Gasteiger partial charge on any atom is 0.297 e. The monoisotopic (exact) mass is 475 g/mol. The molecule has 0 saturated carbocycles. The summed E-state index contributed by atoms with van der Waals surface area (Å²) < 4.78 is 11.5. The molecule has 2 aromatic heterocycles. The minimum atomic E-state index is -0.695. The number of hydrogen-bond donors (Lipinski definition) is 0. The Labute approximate surface area is 201 Å². The van der Waals surface area contributed by atoms with E-state index >= 15 is 0 Å². The van der Waals surface area contributed by atoms with Gasteiger partial charge in [-0.1, -0.05) is 37.3 Å². The average molecular weight is 476 g/mol. The molecule has 0 N–H and O–H groups in total. The zero-order valence-electron chi connectivity index (χ0n) is 19.7. The van der Waals surface area contributed by atoms with E-state index in [2.05, 4.69) is 24.0 Å². The fourth-order valence-corrected chi connectivity index (χ4v) is 5.40. The highest BCUT2D eigenvalue weighted by atomic mass is 32.1. The van der Waals surface area contributed by atoms with Crippen molar-refractivity contribution < 1.29 is 13.9 Å². The molecule has 7 nitrogen and oxygen atoms in total. The van der Waals surface area contributed by atoms with Gasteiger partial charge in [-0.25, -0.2) is 0 Å². The van der Waals surface area contributed by atoms with Crippen LogP contribution in [0.5, 0.6) is 5.75 Å². The Morgan fingerprint density at radius 1 is 1.12 bits per heavy atom.